The first-order valence-electron chi connectivity index (χ1n) is 9.27. The fourth-order valence-electron chi connectivity index (χ4n) is 3.48. The molecule has 1 aromatic heterocycles. The number of aromatic nitrogens is 2. The number of rotatable bonds is 4. The second-order valence-electron chi connectivity index (χ2n) is 7.35. The minimum atomic E-state index is -0.345. The summed E-state index contributed by atoms with van der Waals surface area (Å²) in [6, 6.07) is 11.6. The lowest BCUT2D eigenvalue weighted by Gasteiger charge is -2.20. The Hall–Kier alpha value is -3.22. The van der Waals surface area contributed by atoms with Crippen molar-refractivity contribution in [3.63, 3.8) is 0 Å². The molecule has 0 aliphatic carbocycles. The van der Waals surface area contributed by atoms with Crippen molar-refractivity contribution in [3.8, 4) is 11.4 Å². The van der Waals surface area contributed by atoms with Crippen LogP contribution >= 0.6 is 0 Å². The molecule has 1 aliphatic heterocycles. The molecule has 6 nitrogen and oxygen atoms in total. The number of hydrogen-bond donors (Lipinski definition) is 2. The molecule has 0 saturated carbocycles. The van der Waals surface area contributed by atoms with Gasteiger partial charge in [-0.25, -0.2) is 9.37 Å². The van der Waals surface area contributed by atoms with Crippen LogP contribution in [0.1, 0.15) is 20.3 Å². The normalized spacial score (nSPS) is 16.9. The van der Waals surface area contributed by atoms with E-state index in [4.69, 9.17) is 0 Å². The molecule has 1 fully saturated rings. The molecule has 1 aliphatic rings. The average Bonchev–Trinajstić information content (AvgIpc) is 3.25. The molecule has 0 radical (unpaired) electrons. The molecule has 2 heterocycles. The standard InChI is InChI=1S/C21H21FN4O2/c1-12(2)26-11-14(9-19(26)27)21(28)23-16-7-8-17-18(10-16)25-20(24-17)13-3-5-15(22)6-4-13/h3-8,10,12,14H,9,11H2,1-2H3,(H,23,28)(H,24,25). The van der Waals surface area contributed by atoms with Gasteiger partial charge in [0.15, 0.2) is 0 Å². The highest BCUT2D eigenvalue weighted by molar-refractivity contribution is 5.98. The molecular weight excluding hydrogens is 359 g/mol. The van der Waals surface area contributed by atoms with E-state index in [0.29, 0.717) is 18.1 Å². The van der Waals surface area contributed by atoms with E-state index >= 15 is 0 Å². The third-order valence-corrected chi connectivity index (χ3v) is 5.02. The molecule has 2 aromatic carbocycles. The van der Waals surface area contributed by atoms with Gasteiger partial charge in [0.1, 0.15) is 11.6 Å². The molecule has 3 aromatic rings. The largest absolute Gasteiger partial charge is 0.339 e. The maximum Gasteiger partial charge on any atom is 0.229 e. The molecular formula is C21H21FN4O2. The van der Waals surface area contributed by atoms with E-state index < -0.39 is 0 Å². The highest BCUT2D eigenvalue weighted by Crippen LogP contribution is 2.25. The maximum atomic E-state index is 13.1. The summed E-state index contributed by atoms with van der Waals surface area (Å²) in [5, 5.41) is 2.90. The zero-order valence-electron chi connectivity index (χ0n) is 15.7. The molecule has 1 atom stereocenters. The van der Waals surface area contributed by atoms with E-state index in [-0.39, 0.29) is 36.0 Å². The molecule has 2 amide bonds. The molecule has 4 rings (SSSR count). The number of nitrogens with zero attached hydrogens (tertiary/aromatic N) is 2. The van der Waals surface area contributed by atoms with E-state index in [1.165, 1.54) is 12.1 Å². The van der Waals surface area contributed by atoms with E-state index in [0.717, 1.165) is 16.6 Å². The summed E-state index contributed by atoms with van der Waals surface area (Å²) in [5.41, 5.74) is 2.94. The highest BCUT2D eigenvalue weighted by Gasteiger charge is 2.35. The molecule has 0 spiro atoms. The van der Waals surface area contributed by atoms with Crippen LogP contribution in [0.3, 0.4) is 0 Å². The summed E-state index contributed by atoms with van der Waals surface area (Å²) >= 11 is 0. The van der Waals surface area contributed by atoms with Gasteiger partial charge in [-0.05, 0) is 56.3 Å². The van der Waals surface area contributed by atoms with E-state index in [1.54, 1.807) is 23.1 Å². The van der Waals surface area contributed by atoms with Crippen LogP contribution < -0.4 is 5.32 Å². The SMILES string of the molecule is CC(C)N1CC(C(=O)Nc2ccc3nc(-c4ccc(F)cc4)[nH]c3c2)CC1=O. The van der Waals surface area contributed by atoms with Crippen LogP contribution in [-0.2, 0) is 9.59 Å². The van der Waals surface area contributed by atoms with Crippen molar-refractivity contribution < 1.29 is 14.0 Å². The number of hydrogen-bond acceptors (Lipinski definition) is 3. The minimum absolute atomic E-state index is 0.0168. The first-order chi connectivity index (χ1) is 13.4. The van der Waals surface area contributed by atoms with Crippen LogP contribution in [0.4, 0.5) is 10.1 Å². The van der Waals surface area contributed by atoms with Gasteiger partial charge in [0.25, 0.3) is 0 Å². The second-order valence-corrected chi connectivity index (χ2v) is 7.35. The number of anilines is 1. The fraction of sp³-hybridized carbons (Fsp3) is 0.286. The smallest absolute Gasteiger partial charge is 0.229 e. The Bertz CT molecular complexity index is 1040. The number of halogens is 1. The Balaban J connectivity index is 1.51. The molecule has 2 N–H and O–H groups in total. The van der Waals surface area contributed by atoms with Crippen LogP contribution in [0.5, 0.6) is 0 Å². The van der Waals surface area contributed by atoms with Crippen LogP contribution in [0.15, 0.2) is 42.5 Å². The number of nitrogens with one attached hydrogen (secondary N) is 2. The summed E-state index contributed by atoms with van der Waals surface area (Å²) in [5.74, 6) is -0.155. The molecule has 1 unspecified atom stereocenters. The van der Waals surface area contributed by atoms with Crippen molar-refractivity contribution in [1.82, 2.24) is 14.9 Å². The molecule has 144 valence electrons. The number of likely N-dealkylation sites (tertiary alicyclic amines) is 1. The number of carbonyl (C=O) groups excluding carboxylic acids is 2. The average molecular weight is 380 g/mol. The number of fused-ring (bicyclic) bond motifs is 1. The van der Waals surface area contributed by atoms with Crippen molar-refractivity contribution in [2.75, 3.05) is 11.9 Å². The zero-order chi connectivity index (χ0) is 19.8. The van der Waals surface area contributed by atoms with Gasteiger partial charge in [0.2, 0.25) is 11.8 Å². The number of benzene rings is 2. The Morgan fingerprint density at radius 3 is 2.68 bits per heavy atom. The molecule has 28 heavy (non-hydrogen) atoms. The van der Waals surface area contributed by atoms with E-state index in [9.17, 15) is 14.0 Å². The number of imidazole rings is 1. The third kappa shape index (κ3) is 3.47. The number of aromatic amines is 1. The maximum absolute atomic E-state index is 13.1. The molecule has 7 heteroatoms. The van der Waals surface area contributed by atoms with Crippen molar-refractivity contribution in [3.05, 3.63) is 48.3 Å². The predicted molar refractivity (Wildman–Crippen MR) is 105 cm³/mol. The van der Waals surface area contributed by atoms with Crippen LogP contribution in [-0.4, -0.2) is 39.3 Å². The Labute approximate surface area is 161 Å². The Morgan fingerprint density at radius 1 is 1.25 bits per heavy atom. The summed E-state index contributed by atoms with van der Waals surface area (Å²) in [6.07, 6.45) is 0.241. The van der Waals surface area contributed by atoms with Crippen LogP contribution in [0.2, 0.25) is 0 Å². The first kappa shape index (κ1) is 18.2. The highest BCUT2D eigenvalue weighted by atomic mass is 19.1. The van der Waals surface area contributed by atoms with Crippen molar-refractivity contribution in [2.24, 2.45) is 5.92 Å². The van der Waals surface area contributed by atoms with Crippen molar-refractivity contribution in [2.45, 2.75) is 26.3 Å². The van der Waals surface area contributed by atoms with Crippen molar-refractivity contribution in [1.29, 1.82) is 0 Å². The van der Waals surface area contributed by atoms with Gasteiger partial charge >= 0.3 is 0 Å². The van der Waals surface area contributed by atoms with Crippen molar-refractivity contribution >= 4 is 28.5 Å². The Kier molecular flexibility index (Phi) is 4.58. The lowest BCUT2D eigenvalue weighted by Crippen LogP contribution is -2.33. The summed E-state index contributed by atoms with van der Waals surface area (Å²) < 4.78 is 13.1. The van der Waals surface area contributed by atoms with Gasteiger partial charge in [0.05, 0.1) is 17.0 Å². The van der Waals surface area contributed by atoms with Gasteiger partial charge in [-0.15, -0.1) is 0 Å². The number of H-pyrrole nitrogens is 1. The van der Waals surface area contributed by atoms with Gasteiger partial charge in [-0.2, -0.15) is 0 Å². The van der Waals surface area contributed by atoms with Gasteiger partial charge in [0, 0.05) is 30.3 Å². The summed E-state index contributed by atoms with van der Waals surface area (Å²) in [4.78, 5) is 34.0. The lowest BCUT2D eigenvalue weighted by molar-refractivity contribution is -0.129. The topological polar surface area (TPSA) is 78.1 Å². The monoisotopic (exact) mass is 380 g/mol. The predicted octanol–water partition coefficient (Wildman–Crippen LogP) is 3.56. The lowest BCUT2D eigenvalue weighted by atomic mass is 10.1. The van der Waals surface area contributed by atoms with Gasteiger partial charge in [-0.1, -0.05) is 0 Å². The summed E-state index contributed by atoms with van der Waals surface area (Å²) in [7, 11) is 0. The van der Waals surface area contributed by atoms with E-state index in [1.807, 2.05) is 26.0 Å². The van der Waals surface area contributed by atoms with Gasteiger partial charge < -0.3 is 15.2 Å². The van der Waals surface area contributed by atoms with Gasteiger partial charge in [-0.3, -0.25) is 9.59 Å². The number of carbonyl (C=O) groups is 2. The molecule has 0 bridgehead atoms. The van der Waals surface area contributed by atoms with E-state index in [2.05, 4.69) is 15.3 Å². The summed E-state index contributed by atoms with van der Waals surface area (Å²) in [6.45, 7) is 4.34. The molecule has 1 saturated heterocycles. The Morgan fingerprint density at radius 2 is 2.00 bits per heavy atom. The fourth-order valence-corrected chi connectivity index (χ4v) is 3.48. The minimum Gasteiger partial charge on any atom is -0.339 e. The number of amides is 2. The quantitative estimate of drug-likeness (QED) is 0.726. The second kappa shape index (κ2) is 7.07. The third-order valence-electron chi connectivity index (χ3n) is 5.02. The first-order valence-corrected chi connectivity index (χ1v) is 9.27. The van der Waals surface area contributed by atoms with Crippen LogP contribution in [0, 0.1) is 11.7 Å². The zero-order valence-corrected chi connectivity index (χ0v) is 15.7. The van der Waals surface area contributed by atoms with Crippen LogP contribution in [0.25, 0.3) is 22.4 Å².